The first-order valence-electron chi connectivity index (χ1n) is 5.18. The molecule has 0 radical (unpaired) electrons. The standard InChI is InChI=1S/C14H11FO2/c1-9-3-2-4-10(7-9)11-5-6-13(15)12(8-11)14(16)17/h2-8H,1H3,(H,16,17). The molecule has 0 aliphatic heterocycles. The predicted octanol–water partition coefficient (Wildman–Crippen LogP) is 3.50. The summed E-state index contributed by atoms with van der Waals surface area (Å²) < 4.78 is 13.2. The number of carboxylic acids is 1. The van der Waals surface area contributed by atoms with Gasteiger partial charge in [-0.1, -0.05) is 35.9 Å². The van der Waals surface area contributed by atoms with Crippen LogP contribution in [0.3, 0.4) is 0 Å². The van der Waals surface area contributed by atoms with Crippen LogP contribution in [0.25, 0.3) is 11.1 Å². The average molecular weight is 230 g/mol. The Morgan fingerprint density at radius 1 is 1.12 bits per heavy atom. The van der Waals surface area contributed by atoms with Crippen LogP contribution in [0.5, 0.6) is 0 Å². The minimum atomic E-state index is -1.25. The maximum atomic E-state index is 13.2. The van der Waals surface area contributed by atoms with Gasteiger partial charge in [0.2, 0.25) is 0 Å². The van der Waals surface area contributed by atoms with Crippen LogP contribution in [0.4, 0.5) is 4.39 Å². The maximum Gasteiger partial charge on any atom is 0.338 e. The van der Waals surface area contributed by atoms with E-state index in [2.05, 4.69) is 0 Å². The van der Waals surface area contributed by atoms with E-state index in [9.17, 15) is 9.18 Å². The summed E-state index contributed by atoms with van der Waals surface area (Å²) in [6.07, 6.45) is 0. The number of aromatic carboxylic acids is 1. The summed E-state index contributed by atoms with van der Waals surface area (Å²) in [5, 5.41) is 8.85. The van der Waals surface area contributed by atoms with E-state index in [1.54, 1.807) is 6.07 Å². The third-order valence-corrected chi connectivity index (χ3v) is 2.55. The normalized spacial score (nSPS) is 10.2. The molecular formula is C14H11FO2. The minimum absolute atomic E-state index is 0.302. The first-order chi connectivity index (χ1) is 8.08. The Morgan fingerprint density at radius 3 is 2.47 bits per heavy atom. The number of carbonyl (C=O) groups is 1. The van der Waals surface area contributed by atoms with Gasteiger partial charge >= 0.3 is 5.97 Å². The van der Waals surface area contributed by atoms with Gasteiger partial charge < -0.3 is 5.11 Å². The zero-order valence-electron chi connectivity index (χ0n) is 9.27. The van der Waals surface area contributed by atoms with E-state index in [1.807, 2.05) is 31.2 Å². The Hall–Kier alpha value is -2.16. The van der Waals surface area contributed by atoms with Crippen LogP contribution in [-0.4, -0.2) is 11.1 Å². The van der Waals surface area contributed by atoms with Crippen LogP contribution in [-0.2, 0) is 0 Å². The molecule has 0 aliphatic carbocycles. The highest BCUT2D eigenvalue weighted by atomic mass is 19.1. The van der Waals surface area contributed by atoms with Crippen LogP contribution in [0, 0.1) is 12.7 Å². The molecule has 2 nitrogen and oxygen atoms in total. The summed E-state index contributed by atoms with van der Waals surface area (Å²) in [5.41, 5.74) is 2.35. The molecule has 0 saturated heterocycles. The Balaban J connectivity index is 2.54. The molecule has 0 bridgehead atoms. The summed E-state index contributed by atoms with van der Waals surface area (Å²) in [4.78, 5) is 10.8. The fraction of sp³-hybridized carbons (Fsp3) is 0.0714. The Bertz CT molecular complexity index is 576. The van der Waals surface area contributed by atoms with Gasteiger partial charge in [0.15, 0.2) is 0 Å². The fourth-order valence-electron chi connectivity index (χ4n) is 1.69. The molecule has 86 valence electrons. The first kappa shape index (κ1) is 11.3. The van der Waals surface area contributed by atoms with E-state index in [0.29, 0.717) is 5.56 Å². The Morgan fingerprint density at radius 2 is 1.82 bits per heavy atom. The van der Waals surface area contributed by atoms with Crippen molar-refractivity contribution in [3.05, 3.63) is 59.4 Å². The van der Waals surface area contributed by atoms with Crippen molar-refractivity contribution < 1.29 is 14.3 Å². The van der Waals surface area contributed by atoms with Crippen LogP contribution < -0.4 is 0 Å². The van der Waals surface area contributed by atoms with Crippen LogP contribution in [0.15, 0.2) is 42.5 Å². The lowest BCUT2D eigenvalue weighted by Gasteiger charge is -2.05. The molecule has 1 N–H and O–H groups in total. The third kappa shape index (κ3) is 2.33. The summed E-state index contributed by atoms with van der Waals surface area (Å²) >= 11 is 0. The molecule has 0 saturated carbocycles. The number of carboxylic acid groups (broad SMARTS) is 1. The van der Waals surface area contributed by atoms with Gasteiger partial charge in [0.25, 0.3) is 0 Å². The molecule has 0 aromatic heterocycles. The Labute approximate surface area is 98.3 Å². The van der Waals surface area contributed by atoms with E-state index in [0.717, 1.165) is 11.1 Å². The van der Waals surface area contributed by atoms with Crippen LogP contribution >= 0.6 is 0 Å². The highest BCUT2D eigenvalue weighted by Gasteiger charge is 2.11. The maximum absolute atomic E-state index is 13.2. The number of aryl methyl sites for hydroxylation is 1. The van der Waals surface area contributed by atoms with Gasteiger partial charge in [0, 0.05) is 0 Å². The zero-order valence-corrected chi connectivity index (χ0v) is 9.27. The SMILES string of the molecule is Cc1cccc(-c2ccc(F)c(C(=O)O)c2)c1. The molecule has 0 fully saturated rings. The number of halogens is 1. The van der Waals surface area contributed by atoms with Gasteiger partial charge in [0.05, 0.1) is 5.56 Å². The van der Waals surface area contributed by atoms with E-state index in [-0.39, 0.29) is 5.56 Å². The lowest BCUT2D eigenvalue weighted by molar-refractivity contribution is 0.0692. The van der Waals surface area contributed by atoms with Gasteiger partial charge in [-0.05, 0) is 30.2 Å². The minimum Gasteiger partial charge on any atom is -0.478 e. The average Bonchev–Trinajstić information content (AvgIpc) is 2.29. The van der Waals surface area contributed by atoms with E-state index in [4.69, 9.17) is 5.11 Å². The van der Waals surface area contributed by atoms with Crippen molar-refractivity contribution in [1.29, 1.82) is 0 Å². The molecule has 17 heavy (non-hydrogen) atoms. The van der Waals surface area contributed by atoms with Gasteiger partial charge in [-0.3, -0.25) is 0 Å². The highest BCUT2D eigenvalue weighted by molar-refractivity contribution is 5.89. The number of hydrogen-bond donors (Lipinski definition) is 1. The monoisotopic (exact) mass is 230 g/mol. The molecule has 0 atom stereocenters. The van der Waals surface area contributed by atoms with Crippen LogP contribution in [0.1, 0.15) is 15.9 Å². The second-order valence-electron chi connectivity index (χ2n) is 3.87. The fourth-order valence-corrected chi connectivity index (χ4v) is 1.69. The molecule has 0 heterocycles. The molecule has 0 spiro atoms. The zero-order chi connectivity index (χ0) is 12.4. The number of hydrogen-bond acceptors (Lipinski definition) is 1. The number of benzene rings is 2. The summed E-state index contributed by atoms with van der Waals surface area (Å²) in [6.45, 7) is 1.95. The second kappa shape index (κ2) is 4.37. The smallest absolute Gasteiger partial charge is 0.338 e. The molecule has 0 amide bonds. The van der Waals surface area contributed by atoms with E-state index < -0.39 is 11.8 Å². The van der Waals surface area contributed by atoms with Gasteiger partial charge in [0.1, 0.15) is 5.82 Å². The van der Waals surface area contributed by atoms with Gasteiger partial charge in [-0.2, -0.15) is 0 Å². The van der Waals surface area contributed by atoms with Crippen molar-refractivity contribution in [2.45, 2.75) is 6.92 Å². The molecule has 2 aromatic carbocycles. The molecule has 0 aliphatic rings. The van der Waals surface area contributed by atoms with Crippen molar-refractivity contribution in [1.82, 2.24) is 0 Å². The predicted molar refractivity (Wildman–Crippen MR) is 63.5 cm³/mol. The van der Waals surface area contributed by atoms with Crippen molar-refractivity contribution in [2.24, 2.45) is 0 Å². The van der Waals surface area contributed by atoms with Crippen molar-refractivity contribution in [2.75, 3.05) is 0 Å². The molecule has 2 aromatic rings. The lowest BCUT2D eigenvalue weighted by atomic mass is 10.0. The van der Waals surface area contributed by atoms with Crippen molar-refractivity contribution in [3.63, 3.8) is 0 Å². The van der Waals surface area contributed by atoms with Crippen molar-refractivity contribution in [3.8, 4) is 11.1 Å². The molecule has 0 unspecified atom stereocenters. The first-order valence-corrected chi connectivity index (χ1v) is 5.18. The van der Waals surface area contributed by atoms with Gasteiger partial charge in [-0.25, -0.2) is 9.18 Å². The topological polar surface area (TPSA) is 37.3 Å². The Kier molecular flexibility index (Phi) is 2.91. The van der Waals surface area contributed by atoms with E-state index in [1.165, 1.54) is 12.1 Å². The van der Waals surface area contributed by atoms with E-state index >= 15 is 0 Å². The number of rotatable bonds is 2. The van der Waals surface area contributed by atoms with Crippen molar-refractivity contribution >= 4 is 5.97 Å². The largest absolute Gasteiger partial charge is 0.478 e. The molecule has 3 heteroatoms. The summed E-state index contributed by atoms with van der Waals surface area (Å²) in [5.74, 6) is -1.97. The third-order valence-electron chi connectivity index (χ3n) is 2.55. The summed E-state index contributed by atoms with van der Waals surface area (Å²) in [6, 6.07) is 11.7. The molecule has 2 rings (SSSR count). The lowest BCUT2D eigenvalue weighted by Crippen LogP contribution is -2.00. The van der Waals surface area contributed by atoms with Gasteiger partial charge in [-0.15, -0.1) is 0 Å². The highest BCUT2D eigenvalue weighted by Crippen LogP contribution is 2.23. The second-order valence-corrected chi connectivity index (χ2v) is 3.87. The molecular weight excluding hydrogens is 219 g/mol. The van der Waals surface area contributed by atoms with Crippen LogP contribution in [0.2, 0.25) is 0 Å². The quantitative estimate of drug-likeness (QED) is 0.857. The summed E-state index contributed by atoms with van der Waals surface area (Å²) in [7, 11) is 0.